The van der Waals surface area contributed by atoms with E-state index < -0.39 is 12.0 Å². The molecule has 138 valence electrons. The third-order valence-electron chi connectivity index (χ3n) is 4.12. The minimum absolute atomic E-state index is 0.0721. The third kappa shape index (κ3) is 5.79. The number of aliphatic carboxylic acids is 1. The zero-order valence-electron chi connectivity index (χ0n) is 14.5. The highest BCUT2D eigenvalue weighted by Crippen LogP contribution is 2.29. The summed E-state index contributed by atoms with van der Waals surface area (Å²) in [5.74, 6) is -1.51. The molecule has 0 aliphatic heterocycles. The summed E-state index contributed by atoms with van der Waals surface area (Å²) in [7, 11) is 0. The average Bonchev–Trinajstić information content (AvgIpc) is 2.94. The number of hydrogen-bond donors (Lipinski definition) is 3. The first-order chi connectivity index (χ1) is 11.9. The average molecular weight is 368 g/mol. The van der Waals surface area contributed by atoms with E-state index >= 15 is 0 Å². The molecule has 0 saturated heterocycles. The van der Waals surface area contributed by atoms with Crippen LogP contribution in [0.25, 0.3) is 0 Å². The Morgan fingerprint density at radius 2 is 2.04 bits per heavy atom. The molecule has 1 aliphatic carbocycles. The van der Waals surface area contributed by atoms with Gasteiger partial charge in [0.2, 0.25) is 11.8 Å². The molecular weight excluding hydrogens is 344 g/mol. The molecule has 0 saturated carbocycles. The van der Waals surface area contributed by atoms with Crippen molar-refractivity contribution in [2.24, 2.45) is 0 Å². The minimum atomic E-state index is -1.01. The molecule has 1 atom stereocenters. The number of carbonyl (C=O) groups excluding carboxylic acids is 2. The lowest BCUT2D eigenvalue weighted by Gasteiger charge is -2.25. The quantitative estimate of drug-likeness (QED) is 0.628. The van der Waals surface area contributed by atoms with Gasteiger partial charge in [-0.15, -0.1) is 11.3 Å². The van der Waals surface area contributed by atoms with Crippen molar-refractivity contribution in [3.63, 3.8) is 0 Å². The normalized spacial score (nSPS) is 14.7. The Balaban J connectivity index is 1.94. The summed E-state index contributed by atoms with van der Waals surface area (Å²) in [4.78, 5) is 41.7. The van der Waals surface area contributed by atoms with E-state index in [9.17, 15) is 19.5 Å². The van der Waals surface area contributed by atoms with Crippen molar-refractivity contribution in [2.75, 3.05) is 25.0 Å². The van der Waals surface area contributed by atoms with Crippen LogP contribution in [0.1, 0.15) is 37.3 Å². The molecule has 0 fully saturated rings. The van der Waals surface area contributed by atoms with Gasteiger partial charge in [0.15, 0.2) is 5.13 Å². The molecule has 2 rings (SSSR count). The summed E-state index contributed by atoms with van der Waals surface area (Å²) in [5, 5.41) is 15.2. The predicted octanol–water partition coefficient (Wildman–Crippen LogP) is 0.872. The molecular formula is C16H24N4O4S. The zero-order valence-corrected chi connectivity index (χ0v) is 15.3. The Morgan fingerprint density at radius 3 is 2.68 bits per heavy atom. The summed E-state index contributed by atoms with van der Waals surface area (Å²) in [5.41, 5.74) is 1.06. The Morgan fingerprint density at radius 1 is 1.32 bits per heavy atom. The van der Waals surface area contributed by atoms with Crippen molar-refractivity contribution in [1.29, 1.82) is 0 Å². The summed E-state index contributed by atoms with van der Waals surface area (Å²) in [6, 6.07) is -0.830. The monoisotopic (exact) mass is 368 g/mol. The number of hydrogen-bond acceptors (Lipinski definition) is 6. The molecule has 1 heterocycles. The second-order valence-electron chi connectivity index (χ2n) is 6.11. The van der Waals surface area contributed by atoms with Crippen LogP contribution < -0.4 is 10.6 Å². The molecule has 0 aromatic carbocycles. The molecule has 0 spiro atoms. The van der Waals surface area contributed by atoms with Gasteiger partial charge in [0.25, 0.3) is 0 Å². The van der Waals surface area contributed by atoms with Crippen LogP contribution in [-0.2, 0) is 27.2 Å². The summed E-state index contributed by atoms with van der Waals surface area (Å²) in [6.45, 7) is 3.39. The number of nitrogens with one attached hydrogen (secondary N) is 2. The van der Waals surface area contributed by atoms with Gasteiger partial charge >= 0.3 is 5.97 Å². The highest BCUT2D eigenvalue weighted by atomic mass is 32.1. The Bertz CT molecular complexity index is 623. The fourth-order valence-electron chi connectivity index (χ4n) is 2.69. The number of fused-ring (bicyclic) bond motifs is 1. The standard InChI is InChI=1S/C16H24N4O4S/c1-10(15(23)24)20(8-7-17-11(2)21)9-14(22)19-16-18-12-5-3-4-6-13(12)25-16/h10H,3-9H2,1-2H3,(H,17,21)(H,23,24)(H,18,19,22). The fourth-order valence-corrected chi connectivity index (χ4v) is 3.76. The van der Waals surface area contributed by atoms with Crippen molar-refractivity contribution >= 4 is 34.3 Å². The first kappa shape index (κ1) is 19.3. The van der Waals surface area contributed by atoms with Crippen LogP contribution in [0.2, 0.25) is 0 Å². The molecule has 25 heavy (non-hydrogen) atoms. The molecule has 1 aromatic rings. The van der Waals surface area contributed by atoms with Crippen LogP contribution >= 0.6 is 11.3 Å². The number of carboxylic acid groups (broad SMARTS) is 1. The van der Waals surface area contributed by atoms with Crippen LogP contribution in [0, 0.1) is 0 Å². The van der Waals surface area contributed by atoms with Gasteiger partial charge < -0.3 is 15.7 Å². The lowest BCUT2D eigenvalue weighted by Crippen LogP contribution is -2.46. The van der Waals surface area contributed by atoms with Crippen LogP contribution in [0.5, 0.6) is 0 Å². The van der Waals surface area contributed by atoms with E-state index in [2.05, 4.69) is 15.6 Å². The highest BCUT2D eigenvalue weighted by molar-refractivity contribution is 7.15. The van der Waals surface area contributed by atoms with Crippen LogP contribution in [0.15, 0.2) is 0 Å². The number of rotatable bonds is 8. The van der Waals surface area contributed by atoms with Crippen molar-refractivity contribution in [3.8, 4) is 0 Å². The molecule has 3 N–H and O–H groups in total. The lowest BCUT2D eigenvalue weighted by molar-refractivity contribution is -0.142. The van der Waals surface area contributed by atoms with Crippen molar-refractivity contribution in [2.45, 2.75) is 45.6 Å². The van der Waals surface area contributed by atoms with Crippen molar-refractivity contribution in [3.05, 3.63) is 10.6 Å². The van der Waals surface area contributed by atoms with E-state index in [0.717, 1.165) is 31.4 Å². The zero-order chi connectivity index (χ0) is 18.4. The molecule has 0 radical (unpaired) electrons. The fraction of sp³-hybridized carbons (Fsp3) is 0.625. The number of carbonyl (C=O) groups is 3. The first-order valence-corrected chi connectivity index (χ1v) is 9.18. The minimum Gasteiger partial charge on any atom is -0.480 e. The van der Waals surface area contributed by atoms with Gasteiger partial charge in [0.1, 0.15) is 6.04 Å². The van der Waals surface area contributed by atoms with Gasteiger partial charge in [0.05, 0.1) is 12.2 Å². The number of carboxylic acids is 1. The van der Waals surface area contributed by atoms with Crippen LogP contribution in [0.4, 0.5) is 5.13 Å². The molecule has 1 aromatic heterocycles. The SMILES string of the molecule is CC(=O)NCCN(CC(=O)Nc1nc2c(s1)CCCC2)C(C)C(=O)O. The van der Waals surface area contributed by atoms with Gasteiger partial charge in [-0.2, -0.15) is 0 Å². The van der Waals surface area contributed by atoms with Gasteiger partial charge in [-0.3, -0.25) is 19.3 Å². The number of anilines is 1. The van der Waals surface area contributed by atoms with E-state index in [-0.39, 0.29) is 31.4 Å². The number of amides is 2. The predicted molar refractivity (Wildman–Crippen MR) is 94.7 cm³/mol. The summed E-state index contributed by atoms with van der Waals surface area (Å²) >= 11 is 1.49. The number of aryl methyl sites for hydroxylation is 2. The smallest absolute Gasteiger partial charge is 0.320 e. The van der Waals surface area contributed by atoms with Gasteiger partial charge in [0, 0.05) is 24.9 Å². The molecule has 2 amide bonds. The second-order valence-corrected chi connectivity index (χ2v) is 7.20. The maximum atomic E-state index is 12.3. The molecule has 1 aliphatic rings. The highest BCUT2D eigenvalue weighted by Gasteiger charge is 2.23. The van der Waals surface area contributed by atoms with Crippen LogP contribution in [0.3, 0.4) is 0 Å². The van der Waals surface area contributed by atoms with E-state index in [4.69, 9.17) is 0 Å². The van der Waals surface area contributed by atoms with Crippen molar-refractivity contribution in [1.82, 2.24) is 15.2 Å². The van der Waals surface area contributed by atoms with Crippen molar-refractivity contribution < 1.29 is 19.5 Å². The van der Waals surface area contributed by atoms with Crippen LogP contribution in [-0.4, -0.2) is 58.5 Å². The van der Waals surface area contributed by atoms with E-state index in [1.165, 1.54) is 35.0 Å². The number of aromatic nitrogens is 1. The maximum absolute atomic E-state index is 12.3. The Labute approximate surface area is 150 Å². The van der Waals surface area contributed by atoms with E-state index in [0.29, 0.717) is 5.13 Å². The summed E-state index contributed by atoms with van der Waals surface area (Å²) in [6.07, 6.45) is 4.22. The lowest BCUT2D eigenvalue weighted by atomic mass is 10.0. The molecule has 0 bridgehead atoms. The Kier molecular flexibility index (Phi) is 6.89. The Hall–Kier alpha value is -2.00. The molecule has 1 unspecified atom stereocenters. The largest absolute Gasteiger partial charge is 0.480 e. The van der Waals surface area contributed by atoms with Gasteiger partial charge in [-0.05, 0) is 32.6 Å². The third-order valence-corrected chi connectivity index (χ3v) is 5.19. The van der Waals surface area contributed by atoms with Gasteiger partial charge in [-0.25, -0.2) is 4.98 Å². The maximum Gasteiger partial charge on any atom is 0.320 e. The number of nitrogens with zero attached hydrogens (tertiary/aromatic N) is 2. The molecule has 9 heteroatoms. The van der Waals surface area contributed by atoms with E-state index in [1.54, 1.807) is 0 Å². The van der Waals surface area contributed by atoms with E-state index in [1.807, 2.05) is 0 Å². The van der Waals surface area contributed by atoms with Gasteiger partial charge in [-0.1, -0.05) is 0 Å². The number of thiazole rings is 1. The first-order valence-electron chi connectivity index (χ1n) is 8.36. The molecule has 8 nitrogen and oxygen atoms in total. The second kappa shape index (κ2) is 8.91. The topological polar surface area (TPSA) is 112 Å². The summed E-state index contributed by atoms with van der Waals surface area (Å²) < 4.78 is 0.